The van der Waals surface area contributed by atoms with Crippen molar-refractivity contribution < 1.29 is 23.1 Å². The van der Waals surface area contributed by atoms with Crippen molar-refractivity contribution >= 4 is 5.78 Å². The van der Waals surface area contributed by atoms with E-state index in [1.165, 1.54) is 0 Å². The number of hydrogen-bond acceptors (Lipinski definition) is 2. The van der Waals surface area contributed by atoms with E-state index in [4.69, 9.17) is 0 Å². The second kappa shape index (κ2) is 6.47. The Kier molecular flexibility index (Phi) is 4.72. The van der Waals surface area contributed by atoms with Crippen LogP contribution in [0.1, 0.15) is 78.1 Å². The number of ketones is 1. The number of aliphatic hydroxyl groups is 1. The quantitative estimate of drug-likeness (QED) is 0.678. The standard InChI is InChI=1S/C22H33F3O2/c1-3-19(26)18-7-6-17-16-5-4-13-12-21(27,22(23,24)25)11-9-14(13)15(16)8-10-20(17,18)2/h13-18,27H,3-12H2,1-2H3/t13-,14-,15+,16+,17-,18+,20-,21+/m0/s1. The van der Waals surface area contributed by atoms with Crippen molar-refractivity contribution in [3.05, 3.63) is 0 Å². The second-order valence-electron chi connectivity index (χ2n) is 10.2. The van der Waals surface area contributed by atoms with Gasteiger partial charge in [0, 0.05) is 12.3 Å². The van der Waals surface area contributed by atoms with Crippen LogP contribution in [0.25, 0.3) is 0 Å². The second-order valence-corrected chi connectivity index (χ2v) is 10.2. The molecule has 4 fully saturated rings. The van der Waals surface area contributed by atoms with Crippen molar-refractivity contribution in [1.82, 2.24) is 0 Å². The van der Waals surface area contributed by atoms with Gasteiger partial charge in [0.2, 0.25) is 0 Å². The lowest BCUT2D eigenvalue weighted by molar-refractivity contribution is -0.282. The van der Waals surface area contributed by atoms with Gasteiger partial charge in [-0.15, -0.1) is 0 Å². The molecule has 4 rings (SSSR count). The molecule has 0 saturated heterocycles. The third-order valence-electron chi connectivity index (χ3n) is 9.27. The summed E-state index contributed by atoms with van der Waals surface area (Å²) in [6, 6.07) is 0. The first-order valence-corrected chi connectivity index (χ1v) is 10.9. The van der Waals surface area contributed by atoms with Crippen LogP contribution >= 0.6 is 0 Å². The Balaban J connectivity index is 1.52. The summed E-state index contributed by atoms with van der Waals surface area (Å²) in [5, 5.41) is 10.2. The summed E-state index contributed by atoms with van der Waals surface area (Å²) in [7, 11) is 0. The van der Waals surface area contributed by atoms with E-state index in [1.807, 2.05) is 6.92 Å². The van der Waals surface area contributed by atoms with Gasteiger partial charge in [-0.25, -0.2) is 0 Å². The van der Waals surface area contributed by atoms with Crippen molar-refractivity contribution in [2.75, 3.05) is 0 Å². The number of carbonyl (C=O) groups is 1. The van der Waals surface area contributed by atoms with Crippen LogP contribution in [0.5, 0.6) is 0 Å². The Labute approximate surface area is 160 Å². The predicted molar refractivity (Wildman–Crippen MR) is 96.9 cm³/mol. The lowest BCUT2D eigenvalue weighted by Gasteiger charge is -2.57. The number of halogens is 3. The highest BCUT2D eigenvalue weighted by Gasteiger charge is 2.62. The van der Waals surface area contributed by atoms with Gasteiger partial charge >= 0.3 is 6.18 Å². The highest BCUT2D eigenvalue weighted by atomic mass is 19.4. The van der Waals surface area contributed by atoms with Crippen molar-refractivity contribution in [3.8, 4) is 0 Å². The minimum atomic E-state index is -4.51. The fourth-order valence-electron chi connectivity index (χ4n) is 7.91. The van der Waals surface area contributed by atoms with E-state index in [9.17, 15) is 23.1 Å². The van der Waals surface area contributed by atoms with Crippen LogP contribution in [0.4, 0.5) is 13.2 Å². The summed E-state index contributed by atoms with van der Waals surface area (Å²) < 4.78 is 39.9. The van der Waals surface area contributed by atoms with E-state index in [0.29, 0.717) is 42.3 Å². The number of rotatable bonds is 2. The van der Waals surface area contributed by atoms with Gasteiger partial charge in [0.25, 0.3) is 0 Å². The first-order chi connectivity index (χ1) is 12.6. The van der Waals surface area contributed by atoms with Crippen LogP contribution in [0.2, 0.25) is 0 Å². The predicted octanol–water partition coefficient (Wildman–Crippen LogP) is 5.53. The number of carbonyl (C=O) groups excluding carboxylic acids is 1. The first-order valence-electron chi connectivity index (χ1n) is 10.9. The van der Waals surface area contributed by atoms with Crippen LogP contribution in [0, 0.1) is 40.9 Å². The molecule has 154 valence electrons. The van der Waals surface area contributed by atoms with E-state index in [2.05, 4.69) is 6.92 Å². The monoisotopic (exact) mass is 386 g/mol. The van der Waals surface area contributed by atoms with Crippen molar-refractivity contribution in [2.24, 2.45) is 40.9 Å². The highest BCUT2D eigenvalue weighted by Crippen LogP contribution is 2.65. The Morgan fingerprint density at radius 3 is 2.37 bits per heavy atom. The molecule has 27 heavy (non-hydrogen) atoms. The molecule has 0 bridgehead atoms. The highest BCUT2D eigenvalue weighted by molar-refractivity contribution is 5.81. The maximum absolute atomic E-state index is 13.3. The summed E-state index contributed by atoms with van der Waals surface area (Å²) in [6.07, 6.45) is 2.35. The van der Waals surface area contributed by atoms with Crippen LogP contribution in [-0.2, 0) is 4.79 Å². The van der Waals surface area contributed by atoms with E-state index in [0.717, 1.165) is 38.5 Å². The summed E-state index contributed by atoms with van der Waals surface area (Å²) >= 11 is 0. The molecule has 4 aliphatic rings. The Bertz CT molecular complexity index is 603. The largest absolute Gasteiger partial charge is 0.417 e. The van der Waals surface area contributed by atoms with Gasteiger partial charge in [0.05, 0.1) is 0 Å². The van der Waals surface area contributed by atoms with E-state index >= 15 is 0 Å². The molecule has 8 atom stereocenters. The molecule has 5 heteroatoms. The molecule has 4 aliphatic carbocycles. The zero-order chi connectivity index (χ0) is 19.6. The summed E-state index contributed by atoms with van der Waals surface area (Å²) in [5.41, 5.74) is -2.38. The minimum absolute atomic E-state index is 0.00505. The minimum Gasteiger partial charge on any atom is -0.380 e. The van der Waals surface area contributed by atoms with Crippen LogP contribution in [0.15, 0.2) is 0 Å². The van der Waals surface area contributed by atoms with Gasteiger partial charge in [-0.1, -0.05) is 13.8 Å². The third-order valence-corrected chi connectivity index (χ3v) is 9.27. The van der Waals surface area contributed by atoms with Crippen LogP contribution in [-0.4, -0.2) is 22.7 Å². The molecule has 0 amide bonds. The fraction of sp³-hybridized carbons (Fsp3) is 0.955. The Morgan fingerprint density at radius 2 is 1.70 bits per heavy atom. The number of fused-ring (bicyclic) bond motifs is 5. The lowest BCUT2D eigenvalue weighted by atomic mass is 9.48. The van der Waals surface area contributed by atoms with Gasteiger partial charge in [0.1, 0.15) is 5.78 Å². The zero-order valence-corrected chi connectivity index (χ0v) is 16.5. The molecule has 0 aromatic rings. The molecule has 0 aromatic heterocycles. The Morgan fingerprint density at radius 1 is 1.00 bits per heavy atom. The van der Waals surface area contributed by atoms with Crippen molar-refractivity contribution in [3.63, 3.8) is 0 Å². The molecule has 0 spiro atoms. The van der Waals surface area contributed by atoms with Gasteiger partial charge in [-0.3, -0.25) is 4.79 Å². The maximum atomic E-state index is 13.3. The summed E-state index contributed by atoms with van der Waals surface area (Å²) in [4.78, 5) is 12.5. The molecular weight excluding hydrogens is 353 g/mol. The molecule has 0 heterocycles. The topological polar surface area (TPSA) is 37.3 Å². The third kappa shape index (κ3) is 2.89. The molecule has 1 N–H and O–H groups in total. The molecule has 2 nitrogen and oxygen atoms in total. The SMILES string of the molecule is CCC(=O)[C@H]1CC[C@H]2[C@@H]3CC[C@H]4C[C@@](O)(C(F)(F)F)CC[C@@H]4[C@H]3CC[C@]12C. The fourth-order valence-corrected chi connectivity index (χ4v) is 7.91. The van der Waals surface area contributed by atoms with Gasteiger partial charge in [-0.2, -0.15) is 13.2 Å². The zero-order valence-electron chi connectivity index (χ0n) is 16.5. The van der Waals surface area contributed by atoms with Crippen LogP contribution < -0.4 is 0 Å². The number of Topliss-reactive ketones (excluding diaryl/α,β-unsaturated/α-hetero) is 1. The number of hydrogen-bond donors (Lipinski definition) is 1. The first kappa shape index (κ1) is 19.7. The van der Waals surface area contributed by atoms with Crippen LogP contribution in [0.3, 0.4) is 0 Å². The number of alkyl halides is 3. The molecule has 4 saturated carbocycles. The maximum Gasteiger partial charge on any atom is 0.417 e. The van der Waals surface area contributed by atoms with Gasteiger partial charge in [0.15, 0.2) is 5.60 Å². The normalized spacial score (nSPS) is 49.9. The van der Waals surface area contributed by atoms with E-state index in [-0.39, 0.29) is 30.1 Å². The molecular formula is C22H33F3O2. The lowest BCUT2D eigenvalue weighted by Crippen LogP contribution is -2.55. The van der Waals surface area contributed by atoms with Gasteiger partial charge in [-0.05, 0) is 92.8 Å². The summed E-state index contributed by atoms with van der Waals surface area (Å²) in [5.74, 6) is 2.54. The molecule has 0 aliphatic heterocycles. The average Bonchev–Trinajstić information content (AvgIpc) is 2.97. The van der Waals surface area contributed by atoms with E-state index in [1.54, 1.807) is 0 Å². The van der Waals surface area contributed by atoms with Crippen molar-refractivity contribution in [1.29, 1.82) is 0 Å². The van der Waals surface area contributed by atoms with Crippen molar-refractivity contribution in [2.45, 2.75) is 89.8 Å². The molecule has 0 radical (unpaired) electrons. The molecule has 0 aromatic carbocycles. The smallest absolute Gasteiger partial charge is 0.380 e. The Hall–Kier alpha value is -0.580. The van der Waals surface area contributed by atoms with E-state index < -0.39 is 11.8 Å². The molecule has 0 unspecified atom stereocenters. The average molecular weight is 386 g/mol. The van der Waals surface area contributed by atoms with Gasteiger partial charge < -0.3 is 5.11 Å². The summed E-state index contributed by atoms with van der Waals surface area (Å²) in [6.45, 7) is 4.27.